The minimum Gasteiger partial charge on any atom is -0.369 e. The van der Waals surface area contributed by atoms with Crippen LogP contribution < -0.4 is 10.0 Å². The van der Waals surface area contributed by atoms with E-state index in [4.69, 9.17) is 0 Å². The topological polar surface area (TPSA) is 135 Å². The average molecular weight is 463 g/mol. The van der Waals surface area contributed by atoms with Crippen molar-refractivity contribution in [1.29, 1.82) is 0 Å². The number of aliphatic hydroxyl groups is 3. The zero-order valence-electron chi connectivity index (χ0n) is 18.2. The minimum absolute atomic E-state index is 0.102. The number of pyridine rings is 1. The first-order valence-electron chi connectivity index (χ1n) is 9.54. The van der Waals surface area contributed by atoms with Gasteiger partial charge in [-0.1, -0.05) is 38.8 Å². The van der Waals surface area contributed by atoms with Crippen LogP contribution in [0.5, 0.6) is 0 Å². The van der Waals surface area contributed by atoms with Gasteiger partial charge in [0.1, 0.15) is 11.3 Å². The van der Waals surface area contributed by atoms with Gasteiger partial charge in [0.15, 0.2) is 5.72 Å². The number of carbonyl (C=O) groups is 2. The molecule has 172 valence electrons. The van der Waals surface area contributed by atoms with Crippen molar-refractivity contribution < 1.29 is 24.9 Å². The number of Topliss-reactive ketones (excluding diaryl/α,β-unsaturated/α-hetero) is 1. The summed E-state index contributed by atoms with van der Waals surface area (Å²) in [4.78, 5) is 25.7. The van der Waals surface area contributed by atoms with Crippen LogP contribution in [-0.4, -0.2) is 74.7 Å². The number of hydrogen-bond donors (Lipinski definition) is 5. The van der Waals surface area contributed by atoms with E-state index in [9.17, 15) is 24.9 Å². The molecule has 11 heteroatoms. The molecule has 1 aromatic rings. The van der Waals surface area contributed by atoms with Crippen LogP contribution in [0.1, 0.15) is 33.6 Å². The number of aromatic nitrogens is 1. The molecule has 1 aliphatic heterocycles. The molecule has 0 spiro atoms. The van der Waals surface area contributed by atoms with Crippen LogP contribution in [-0.2, 0) is 9.59 Å². The standard InChI is InChI=1S/C12H17N3O4S.C4H10.C3H7NOS/c1-13-11(17)6-4-8-15(12(18,19)10(11)16)20-9-5-2-3-7-14-9;1-4(2)3;1-4-6-3-2-5/h2-3,5,7,13,17-19H,4,6,8H2,1H3;4H,1-3H3;2,4H,3H2,1H3. The number of ketones is 1. The molecule has 30 heavy (non-hydrogen) atoms. The highest BCUT2D eigenvalue weighted by atomic mass is 32.2. The van der Waals surface area contributed by atoms with Crippen molar-refractivity contribution in [2.75, 3.05) is 26.4 Å². The molecule has 0 amide bonds. The summed E-state index contributed by atoms with van der Waals surface area (Å²) in [6.45, 7) is 6.73. The van der Waals surface area contributed by atoms with Gasteiger partial charge in [0.05, 0.1) is 5.75 Å². The van der Waals surface area contributed by atoms with E-state index in [2.05, 4.69) is 35.8 Å². The van der Waals surface area contributed by atoms with Gasteiger partial charge in [0.2, 0.25) is 0 Å². The molecular weight excluding hydrogens is 428 g/mol. The Bertz CT molecular complexity index is 619. The number of carbonyl (C=O) groups excluding carboxylic acids is 2. The van der Waals surface area contributed by atoms with Gasteiger partial charge < -0.3 is 20.1 Å². The monoisotopic (exact) mass is 462 g/mol. The largest absolute Gasteiger partial charge is 0.369 e. The number of nitrogens with one attached hydrogen (secondary N) is 2. The van der Waals surface area contributed by atoms with E-state index in [1.807, 2.05) is 0 Å². The second-order valence-corrected chi connectivity index (χ2v) is 9.03. The molecule has 1 atom stereocenters. The summed E-state index contributed by atoms with van der Waals surface area (Å²) in [6, 6.07) is 5.19. The Labute approximate surface area is 187 Å². The molecule has 1 saturated heterocycles. The zero-order chi connectivity index (χ0) is 23.2. The molecule has 2 heterocycles. The maximum absolute atomic E-state index is 12.1. The molecule has 5 N–H and O–H groups in total. The van der Waals surface area contributed by atoms with Gasteiger partial charge in [-0.3, -0.25) is 14.8 Å². The molecule has 1 aliphatic rings. The van der Waals surface area contributed by atoms with E-state index < -0.39 is 17.4 Å². The van der Waals surface area contributed by atoms with Crippen molar-refractivity contribution in [2.24, 2.45) is 5.92 Å². The van der Waals surface area contributed by atoms with Crippen molar-refractivity contribution in [1.82, 2.24) is 19.3 Å². The third kappa shape index (κ3) is 10.3. The molecule has 1 fully saturated rings. The number of aldehydes is 1. The predicted octanol–water partition coefficient (Wildman–Crippen LogP) is 1.02. The maximum Gasteiger partial charge on any atom is 0.301 e. The highest BCUT2D eigenvalue weighted by Crippen LogP contribution is 2.33. The predicted molar refractivity (Wildman–Crippen MR) is 120 cm³/mol. The third-order valence-electron chi connectivity index (χ3n) is 3.48. The van der Waals surface area contributed by atoms with E-state index in [1.165, 1.54) is 19.0 Å². The highest BCUT2D eigenvalue weighted by Gasteiger charge is 2.53. The molecule has 0 aromatic carbocycles. The lowest BCUT2D eigenvalue weighted by Crippen LogP contribution is -2.62. The quantitative estimate of drug-likeness (QED) is 0.179. The van der Waals surface area contributed by atoms with Crippen LogP contribution in [0.15, 0.2) is 29.4 Å². The van der Waals surface area contributed by atoms with E-state index in [0.717, 1.165) is 28.5 Å². The summed E-state index contributed by atoms with van der Waals surface area (Å²) < 4.78 is 3.87. The average Bonchev–Trinajstić information content (AvgIpc) is 2.78. The van der Waals surface area contributed by atoms with E-state index >= 15 is 0 Å². The summed E-state index contributed by atoms with van der Waals surface area (Å²) >= 11 is 2.35. The Morgan fingerprint density at radius 3 is 2.33 bits per heavy atom. The number of likely N-dealkylation sites (N-methyl/N-ethyl adjacent to an activating group) is 1. The second kappa shape index (κ2) is 14.9. The number of hydrogen-bond acceptors (Lipinski definition) is 11. The molecule has 1 aromatic heterocycles. The van der Waals surface area contributed by atoms with Gasteiger partial charge in [-0.2, -0.15) is 4.31 Å². The van der Waals surface area contributed by atoms with Crippen LogP contribution in [0.2, 0.25) is 0 Å². The van der Waals surface area contributed by atoms with E-state index in [-0.39, 0.29) is 13.0 Å². The Morgan fingerprint density at radius 1 is 1.27 bits per heavy atom. The summed E-state index contributed by atoms with van der Waals surface area (Å²) in [7, 11) is 3.18. The summed E-state index contributed by atoms with van der Waals surface area (Å²) in [5, 5.41) is 33.3. The van der Waals surface area contributed by atoms with Crippen molar-refractivity contribution in [3.8, 4) is 0 Å². The fraction of sp³-hybridized carbons (Fsp3) is 0.632. The van der Waals surface area contributed by atoms with Crippen LogP contribution in [0.4, 0.5) is 0 Å². The van der Waals surface area contributed by atoms with Gasteiger partial charge in [0.25, 0.3) is 5.78 Å². The minimum atomic E-state index is -2.77. The molecule has 2 rings (SSSR count). The smallest absolute Gasteiger partial charge is 0.301 e. The maximum atomic E-state index is 12.1. The second-order valence-electron chi connectivity index (χ2n) is 6.95. The Balaban J connectivity index is 0.000000703. The van der Waals surface area contributed by atoms with Crippen molar-refractivity contribution in [3.63, 3.8) is 0 Å². The molecule has 0 bridgehead atoms. The van der Waals surface area contributed by atoms with Gasteiger partial charge >= 0.3 is 5.91 Å². The zero-order valence-corrected chi connectivity index (χ0v) is 19.8. The van der Waals surface area contributed by atoms with Gasteiger partial charge in [-0.15, -0.1) is 0 Å². The first kappa shape index (κ1) is 28.9. The van der Waals surface area contributed by atoms with Gasteiger partial charge in [-0.05, 0) is 56.9 Å². The molecule has 0 aliphatic carbocycles. The Morgan fingerprint density at radius 2 is 1.90 bits per heavy atom. The van der Waals surface area contributed by atoms with Crippen molar-refractivity contribution in [2.45, 2.75) is 50.3 Å². The highest BCUT2D eigenvalue weighted by molar-refractivity contribution is 7.98. The summed E-state index contributed by atoms with van der Waals surface area (Å²) in [5.74, 6) is -2.49. The first-order valence-corrected chi connectivity index (χ1v) is 11.3. The lowest BCUT2D eigenvalue weighted by atomic mass is 10.0. The molecular formula is C19H34N4O5S2. The Hall–Kier alpha value is -1.05. The summed E-state index contributed by atoms with van der Waals surface area (Å²) in [5.41, 5.74) is -1.94. The first-order chi connectivity index (χ1) is 14.0. The molecule has 9 nitrogen and oxygen atoms in total. The van der Waals surface area contributed by atoms with Gasteiger partial charge in [0, 0.05) is 12.7 Å². The molecule has 0 saturated carbocycles. The normalized spacial score (nSPS) is 21.0. The Kier molecular flexibility index (Phi) is 14.3. The fourth-order valence-electron chi connectivity index (χ4n) is 2.12. The third-order valence-corrected chi connectivity index (χ3v) is 5.16. The van der Waals surface area contributed by atoms with Crippen LogP contribution in [0.25, 0.3) is 0 Å². The van der Waals surface area contributed by atoms with Crippen LogP contribution in [0.3, 0.4) is 0 Å². The SMILES string of the molecule is CC(C)C.CNC1(O)CCCN(Sc2ccccn2)C(O)(O)C1=O.CNSCC=O. The van der Waals surface area contributed by atoms with Crippen molar-refractivity contribution in [3.05, 3.63) is 24.4 Å². The summed E-state index contributed by atoms with van der Waals surface area (Å²) in [6.07, 6.45) is 2.96. The number of rotatable bonds is 6. The lowest BCUT2D eigenvalue weighted by Gasteiger charge is -2.33. The van der Waals surface area contributed by atoms with Crippen LogP contribution >= 0.6 is 23.9 Å². The molecule has 1 unspecified atom stereocenters. The lowest BCUT2D eigenvalue weighted by molar-refractivity contribution is -0.233. The van der Waals surface area contributed by atoms with Crippen LogP contribution in [0, 0.1) is 5.92 Å². The van der Waals surface area contributed by atoms with E-state index in [0.29, 0.717) is 17.2 Å². The van der Waals surface area contributed by atoms with Crippen molar-refractivity contribution >= 4 is 36.0 Å². The molecule has 0 radical (unpaired) electrons. The fourth-order valence-corrected chi connectivity index (χ4v) is 3.26. The van der Waals surface area contributed by atoms with Gasteiger partial charge in [-0.25, -0.2) is 4.98 Å². The number of nitrogens with zero attached hydrogens (tertiary/aromatic N) is 2. The van der Waals surface area contributed by atoms with E-state index in [1.54, 1.807) is 31.4 Å².